The van der Waals surface area contributed by atoms with E-state index in [2.05, 4.69) is 5.10 Å². The van der Waals surface area contributed by atoms with E-state index >= 15 is 0 Å². The van der Waals surface area contributed by atoms with Crippen molar-refractivity contribution < 1.29 is 9.66 Å². The maximum Gasteiger partial charge on any atom is 0.334 e. The van der Waals surface area contributed by atoms with E-state index in [-0.39, 0.29) is 10.6 Å². The van der Waals surface area contributed by atoms with E-state index < -0.39 is 0 Å². The highest BCUT2D eigenvalue weighted by molar-refractivity contribution is 5.61. The number of rotatable bonds is 6. The van der Waals surface area contributed by atoms with Crippen molar-refractivity contribution in [1.82, 2.24) is 9.78 Å². The Morgan fingerprint density at radius 2 is 2.09 bits per heavy atom. The quantitative estimate of drug-likeness (QED) is 0.605. The van der Waals surface area contributed by atoms with Crippen LogP contribution in [0.5, 0.6) is 5.75 Å². The van der Waals surface area contributed by atoms with Gasteiger partial charge < -0.3 is 9.64 Å². The Morgan fingerprint density at radius 1 is 1.41 bits per heavy atom. The zero-order valence-corrected chi connectivity index (χ0v) is 13.2. The SMILES string of the molecule is CCc1nn(C)c(N(C)Cc2ccccc2OC)c1[N+](=O)[O-]. The molecule has 0 spiro atoms. The van der Waals surface area contributed by atoms with Gasteiger partial charge in [-0.15, -0.1) is 0 Å². The minimum absolute atomic E-state index is 0.0717. The molecule has 118 valence electrons. The van der Waals surface area contributed by atoms with Gasteiger partial charge in [0.15, 0.2) is 0 Å². The van der Waals surface area contributed by atoms with Crippen LogP contribution in [0.3, 0.4) is 0 Å². The van der Waals surface area contributed by atoms with Crippen LogP contribution in [0.2, 0.25) is 0 Å². The van der Waals surface area contributed by atoms with E-state index in [9.17, 15) is 10.1 Å². The van der Waals surface area contributed by atoms with Crippen molar-refractivity contribution in [3.8, 4) is 5.75 Å². The summed E-state index contributed by atoms with van der Waals surface area (Å²) in [6, 6.07) is 7.63. The van der Waals surface area contributed by atoms with Gasteiger partial charge in [-0.05, 0) is 12.5 Å². The summed E-state index contributed by atoms with van der Waals surface area (Å²) in [5, 5.41) is 15.7. The molecule has 0 N–H and O–H groups in total. The van der Waals surface area contributed by atoms with Gasteiger partial charge in [0, 0.05) is 26.2 Å². The van der Waals surface area contributed by atoms with Crippen LogP contribution in [0.1, 0.15) is 18.2 Å². The number of ether oxygens (including phenoxy) is 1. The summed E-state index contributed by atoms with van der Waals surface area (Å²) < 4.78 is 6.90. The van der Waals surface area contributed by atoms with E-state index in [0.717, 1.165) is 11.3 Å². The van der Waals surface area contributed by atoms with Crippen LogP contribution in [0, 0.1) is 10.1 Å². The van der Waals surface area contributed by atoms with Crippen molar-refractivity contribution in [3.63, 3.8) is 0 Å². The third-order valence-corrected chi connectivity index (χ3v) is 3.54. The molecule has 7 heteroatoms. The third-order valence-electron chi connectivity index (χ3n) is 3.54. The number of aryl methyl sites for hydroxylation is 2. The van der Waals surface area contributed by atoms with Crippen molar-refractivity contribution in [3.05, 3.63) is 45.6 Å². The van der Waals surface area contributed by atoms with Crippen molar-refractivity contribution >= 4 is 11.5 Å². The molecule has 2 rings (SSSR count). The zero-order chi connectivity index (χ0) is 16.3. The number of methoxy groups -OCH3 is 1. The van der Waals surface area contributed by atoms with Crippen LogP contribution in [-0.4, -0.2) is 28.9 Å². The Balaban J connectivity index is 2.39. The van der Waals surface area contributed by atoms with Crippen LogP contribution in [0.25, 0.3) is 0 Å². The van der Waals surface area contributed by atoms with Crippen LogP contribution in [0.15, 0.2) is 24.3 Å². The summed E-state index contributed by atoms with van der Waals surface area (Å²) in [4.78, 5) is 12.9. The van der Waals surface area contributed by atoms with Crippen LogP contribution in [0.4, 0.5) is 11.5 Å². The van der Waals surface area contributed by atoms with Gasteiger partial charge in [0.2, 0.25) is 5.82 Å². The molecule has 0 atom stereocenters. The smallest absolute Gasteiger partial charge is 0.334 e. The Bertz CT molecular complexity index is 681. The first kappa shape index (κ1) is 15.8. The number of nitro groups is 1. The van der Waals surface area contributed by atoms with E-state index in [4.69, 9.17) is 4.74 Å². The van der Waals surface area contributed by atoms with Gasteiger partial charge in [-0.3, -0.25) is 10.1 Å². The zero-order valence-electron chi connectivity index (χ0n) is 13.2. The summed E-state index contributed by atoms with van der Waals surface area (Å²) in [5.74, 6) is 1.25. The molecule has 0 saturated carbocycles. The van der Waals surface area contributed by atoms with Crippen LogP contribution in [-0.2, 0) is 20.0 Å². The highest BCUT2D eigenvalue weighted by Crippen LogP contribution is 2.32. The maximum atomic E-state index is 11.4. The molecule has 0 radical (unpaired) electrons. The number of nitrogens with zero attached hydrogens (tertiary/aromatic N) is 4. The predicted octanol–water partition coefficient (Wildman–Crippen LogP) is 2.54. The lowest BCUT2D eigenvalue weighted by Gasteiger charge is -2.19. The number of hydrogen-bond donors (Lipinski definition) is 0. The van der Waals surface area contributed by atoms with Gasteiger partial charge in [0.25, 0.3) is 0 Å². The molecule has 0 aliphatic rings. The Labute approximate surface area is 129 Å². The van der Waals surface area contributed by atoms with E-state index in [1.807, 2.05) is 43.1 Å². The Hall–Kier alpha value is -2.57. The molecule has 0 amide bonds. The number of hydrogen-bond acceptors (Lipinski definition) is 5. The van der Waals surface area contributed by atoms with Gasteiger partial charge >= 0.3 is 5.69 Å². The molecule has 0 bridgehead atoms. The molecule has 0 aliphatic heterocycles. The molecule has 0 unspecified atom stereocenters. The minimum Gasteiger partial charge on any atom is -0.496 e. The Kier molecular flexibility index (Phi) is 4.65. The van der Waals surface area contributed by atoms with Crippen LogP contribution >= 0.6 is 0 Å². The normalized spacial score (nSPS) is 10.5. The average molecular weight is 304 g/mol. The summed E-state index contributed by atoms with van der Waals surface area (Å²) in [5.41, 5.74) is 1.53. The molecule has 1 aromatic carbocycles. The topological polar surface area (TPSA) is 73.4 Å². The largest absolute Gasteiger partial charge is 0.496 e. The fraction of sp³-hybridized carbons (Fsp3) is 0.400. The van der Waals surface area contributed by atoms with Crippen molar-refractivity contribution in [2.24, 2.45) is 7.05 Å². The van der Waals surface area contributed by atoms with E-state index in [1.165, 1.54) is 0 Å². The number of benzene rings is 1. The van der Waals surface area contributed by atoms with Crippen molar-refractivity contribution in [2.75, 3.05) is 19.1 Å². The average Bonchev–Trinajstić information content (AvgIpc) is 2.84. The van der Waals surface area contributed by atoms with Gasteiger partial charge in [-0.1, -0.05) is 25.1 Å². The second kappa shape index (κ2) is 6.46. The van der Waals surface area contributed by atoms with Crippen molar-refractivity contribution in [2.45, 2.75) is 19.9 Å². The highest BCUT2D eigenvalue weighted by atomic mass is 16.6. The second-order valence-electron chi connectivity index (χ2n) is 5.02. The second-order valence-corrected chi connectivity index (χ2v) is 5.02. The van der Waals surface area contributed by atoms with Crippen molar-refractivity contribution in [1.29, 1.82) is 0 Å². The molecule has 0 saturated heterocycles. The first-order valence-electron chi connectivity index (χ1n) is 7.02. The van der Waals surface area contributed by atoms with Gasteiger partial charge in [-0.25, -0.2) is 4.68 Å². The number of aromatic nitrogens is 2. The molecule has 2 aromatic rings. The molecule has 1 aromatic heterocycles. The Morgan fingerprint density at radius 3 is 2.68 bits per heavy atom. The summed E-state index contributed by atoms with van der Waals surface area (Å²) in [6.07, 6.45) is 0.520. The molecule has 0 fully saturated rings. The van der Waals surface area contributed by atoms with Gasteiger partial charge in [0.1, 0.15) is 11.4 Å². The third kappa shape index (κ3) is 2.88. The predicted molar refractivity (Wildman–Crippen MR) is 84.3 cm³/mol. The lowest BCUT2D eigenvalue weighted by atomic mass is 10.2. The first-order valence-corrected chi connectivity index (χ1v) is 7.02. The monoisotopic (exact) mass is 304 g/mol. The maximum absolute atomic E-state index is 11.4. The summed E-state index contributed by atoms with van der Waals surface area (Å²) in [7, 11) is 5.15. The fourth-order valence-corrected chi connectivity index (χ4v) is 2.58. The minimum atomic E-state index is -0.361. The molecule has 1 heterocycles. The molecule has 22 heavy (non-hydrogen) atoms. The molecular weight excluding hydrogens is 284 g/mol. The molecular formula is C15H20N4O3. The molecule has 0 aliphatic carbocycles. The summed E-state index contributed by atoms with van der Waals surface area (Å²) >= 11 is 0. The van der Waals surface area contributed by atoms with E-state index in [0.29, 0.717) is 24.5 Å². The van der Waals surface area contributed by atoms with Gasteiger partial charge in [-0.2, -0.15) is 5.10 Å². The number of para-hydroxylation sites is 1. The molecule has 7 nitrogen and oxygen atoms in total. The number of anilines is 1. The van der Waals surface area contributed by atoms with E-state index in [1.54, 1.807) is 18.8 Å². The van der Waals surface area contributed by atoms with Gasteiger partial charge in [0.05, 0.1) is 12.0 Å². The lowest BCUT2D eigenvalue weighted by molar-refractivity contribution is -0.384. The summed E-state index contributed by atoms with van der Waals surface area (Å²) in [6.45, 7) is 2.35. The van der Waals surface area contributed by atoms with Crippen LogP contribution < -0.4 is 9.64 Å². The fourth-order valence-electron chi connectivity index (χ4n) is 2.58. The standard InChI is InChI=1S/C15H20N4O3/c1-5-12-14(19(20)21)15(18(3)16-12)17(2)10-11-8-6-7-9-13(11)22-4/h6-9H,5,10H2,1-4H3. The first-order chi connectivity index (χ1) is 10.5. The lowest BCUT2D eigenvalue weighted by Crippen LogP contribution is -2.20. The highest BCUT2D eigenvalue weighted by Gasteiger charge is 2.28.